The van der Waals surface area contributed by atoms with E-state index in [1.165, 1.54) is 25.8 Å². The molecule has 0 spiro atoms. The minimum absolute atomic E-state index is 0.0269. The van der Waals surface area contributed by atoms with Crippen LogP contribution in [0.1, 0.15) is 116 Å². The summed E-state index contributed by atoms with van der Waals surface area (Å²) in [5.41, 5.74) is 0.951. The van der Waals surface area contributed by atoms with Gasteiger partial charge in [0.15, 0.2) is 5.78 Å². The first-order valence-corrected chi connectivity index (χ1v) is 23.1. The number of benzene rings is 2. The van der Waals surface area contributed by atoms with Gasteiger partial charge in [-0.1, -0.05) is 120 Å². The molecule has 2 fully saturated rings. The van der Waals surface area contributed by atoms with Gasteiger partial charge in [0, 0.05) is 39.0 Å². The number of hydrogen-bond donors (Lipinski definition) is 4. The van der Waals surface area contributed by atoms with E-state index in [9.17, 15) is 24.0 Å². The van der Waals surface area contributed by atoms with Gasteiger partial charge in [0.1, 0.15) is 23.7 Å². The van der Waals surface area contributed by atoms with E-state index in [1.54, 1.807) is 6.92 Å². The number of ketones is 1. The minimum atomic E-state index is -1.02. The van der Waals surface area contributed by atoms with Crippen LogP contribution in [0.2, 0.25) is 0 Å². The van der Waals surface area contributed by atoms with Crippen LogP contribution >= 0.6 is 0 Å². The second kappa shape index (κ2) is 25.7. The molecule has 0 aromatic heterocycles. The number of epoxide rings is 1. The van der Waals surface area contributed by atoms with E-state index in [0.29, 0.717) is 38.7 Å². The molecule has 2 aromatic carbocycles. The molecule has 2 aromatic rings. The van der Waals surface area contributed by atoms with Gasteiger partial charge in [0.25, 0.3) is 0 Å². The number of aryl methyl sites for hydroxylation is 1. The summed E-state index contributed by atoms with van der Waals surface area (Å²) in [4.78, 5) is 74.0. The van der Waals surface area contributed by atoms with Crippen molar-refractivity contribution in [1.29, 1.82) is 0 Å². The molecule has 12 nitrogen and oxygen atoms in total. The first-order chi connectivity index (χ1) is 29.2. The highest BCUT2D eigenvalue weighted by Crippen LogP contribution is 2.30. The number of likely N-dealkylation sites (N-methyl/N-ethyl adjacent to an activating group) is 1. The Kier molecular flexibility index (Phi) is 20.9. The molecule has 2 saturated heterocycles. The number of hydrogen-bond acceptors (Lipinski definition) is 8. The molecule has 2 heterocycles. The topological polar surface area (TPSA) is 152 Å². The average Bonchev–Trinajstić information content (AvgIpc) is 3.99. The molecule has 4 unspecified atom stereocenters. The van der Waals surface area contributed by atoms with Crippen molar-refractivity contribution in [3.63, 3.8) is 0 Å². The Bertz CT molecular complexity index is 1640. The third kappa shape index (κ3) is 18.4. The van der Waals surface area contributed by atoms with Crippen LogP contribution in [0, 0.1) is 11.8 Å². The number of Topliss-reactive ketones (excluding diaryl/α,β-unsaturated/α-hetero) is 1. The fourth-order valence-electron chi connectivity index (χ4n) is 7.97. The molecular formula is C49H76N6O6. The van der Waals surface area contributed by atoms with Crippen molar-refractivity contribution in [1.82, 2.24) is 31.1 Å². The highest BCUT2D eigenvalue weighted by Gasteiger charge is 2.50. The lowest BCUT2D eigenvalue weighted by molar-refractivity contribution is -0.135. The summed E-state index contributed by atoms with van der Waals surface area (Å²) in [5, 5.41) is 11.8. The molecule has 4 amide bonds. The molecular weight excluding hydrogens is 769 g/mol. The molecule has 5 atom stereocenters. The maximum atomic E-state index is 14.2. The Morgan fingerprint density at radius 3 is 1.70 bits per heavy atom. The second-order valence-corrected chi connectivity index (χ2v) is 18.5. The number of rotatable bonds is 28. The first kappa shape index (κ1) is 49.5. The second-order valence-electron chi connectivity index (χ2n) is 18.5. The van der Waals surface area contributed by atoms with E-state index in [-0.39, 0.29) is 29.9 Å². The minimum Gasteiger partial charge on any atom is -0.361 e. The van der Waals surface area contributed by atoms with Gasteiger partial charge < -0.3 is 35.8 Å². The lowest BCUT2D eigenvalue weighted by Gasteiger charge is -2.32. The van der Waals surface area contributed by atoms with Crippen LogP contribution in [-0.4, -0.2) is 115 Å². The Balaban J connectivity index is 1.36. The number of amides is 4. The summed E-state index contributed by atoms with van der Waals surface area (Å²) < 4.78 is 5.44. The van der Waals surface area contributed by atoms with Crippen LogP contribution in [0.4, 0.5) is 0 Å². The molecule has 61 heavy (non-hydrogen) atoms. The van der Waals surface area contributed by atoms with Gasteiger partial charge >= 0.3 is 0 Å². The highest BCUT2D eigenvalue weighted by molar-refractivity contribution is 5.98. The standard InChI is InChI=1S/C49H76N6O6/c1-36(2)32-41(45(57)49(5)35-61-49)51-48(60)43(34-39-22-16-13-17-23-39)53-47(59)42(33-37(3)4)52-46(58)40(26-25-38-20-14-12-15-21-38)50-44(56)24-18-10-8-7-9-11-19-27-55-30-28-54(6)29-31-55/h12-17,20-23,36-37,40-43H,7-11,18-19,24-35H2,1-6H3,(H,50,56)(H,51,60)(H,52,58)(H,53,59)/t40?,41?,42?,43-,49?/m0/s1. The fraction of sp³-hybridized carbons (Fsp3) is 0.653. The quantitative estimate of drug-likeness (QED) is 0.0637. The average molecular weight is 845 g/mol. The van der Waals surface area contributed by atoms with Crippen molar-refractivity contribution < 1.29 is 28.7 Å². The van der Waals surface area contributed by atoms with Crippen LogP contribution < -0.4 is 21.3 Å². The van der Waals surface area contributed by atoms with Gasteiger partial charge in [0.05, 0.1) is 12.6 Å². The van der Waals surface area contributed by atoms with Crippen molar-refractivity contribution in [3.05, 3.63) is 71.8 Å². The van der Waals surface area contributed by atoms with Gasteiger partial charge in [0.2, 0.25) is 23.6 Å². The smallest absolute Gasteiger partial charge is 0.243 e. The SMILES string of the molecule is CC(C)CC(NC(=O)C(CCc1ccccc1)NC(=O)CCCCCCCCCN1CCN(C)CC1)C(=O)N[C@@H](Cc1ccccc1)C(=O)NC(CC(C)C)C(=O)C1(C)CO1. The molecule has 0 aliphatic carbocycles. The molecule has 4 N–H and O–H groups in total. The number of ether oxygens (including phenoxy) is 1. The van der Waals surface area contributed by atoms with Gasteiger partial charge in [-0.25, -0.2) is 0 Å². The third-order valence-corrected chi connectivity index (χ3v) is 11.9. The zero-order valence-corrected chi connectivity index (χ0v) is 38.0. The summed E-state index contributed by atoms with van der Waals surface area (Å²) in [7, 11) is 2.19. The van der Waals surface area contributed by atoms with E-state index in [2.05, 4.69) is 38.1 Å². The van der Waals surface area contributed by atoms with E-state index in [4.69, 9.17) is 4.74 Å². The zero-order chi connectivity index (χ0) is 44.2. The summed E-state index contributed by atoms with van der Waals surface area (Å²) in [6.45, 7) is 15.8. The molecule has 4 rings (SSSR count). The van der Waals surface area contributed by atoms with Crippen LogP contribution in [0.15, 0.2) is 60.7 Å². The van der Waals surface area contributed by atoms with E-state index >= 15 is 0 Å². The molecule has 12 heteroatoms. The highest BCUT2D eigenvalue weighted by atomic mass is 16.6. The number of nitrogens with one attached hydrogen (secondary N) is 4. The number of piperazine rings is 1. The molecule has 0 saturated carbocycles. The third-order valence-electron chi connectivity index (χ3n) is 11.9. The summed E-state index contributed by atoms with van der Waals surface area (Å²) >= 11 is 0. The molecule has 0 bridgehead atoms. The van der Waals surface area contributed by atoms with E-state index in [1.807, 2.05) is 88.4 Å². The lowest BCUT2D eigenvalue weighted by atomic mass is 9.93. The molecule has 338 valence electrons. The van der Waals surface area contributed by atoms with Gasteiger partial charge in [-0.15, -0.1) is 0 Å². The molecule has 2 aliphatic heterocycles. The van der Waals surface area contributed by atoms with Crippen molar-refractivity contribution >= 4 is 29.4 Å². The van der Waals surface area contributed by atoms with Gasteiger partial charge in [-0.3, -0.25) is 24.0 Å². The molecule has 0 radical (unpaired) electrons. The summed E-state index contributed by atoms with van der Waals surface area (Å²) in [6.07, 6.45) is 9.80. The first-order valence-electron chi connectivity index (χ1n) is 23.1. The number of carbonyl (C=O) groups is 5. The van der Waals surface area contributed by atoms with Crippen molar-refractivity contribution in [2.45, 2.75) is 148 Å². The van der Waals surface area contributed by atoms with Crippen LogP contribution in [0.3, 0.4) is 0 Å². The Morgan fingerprint density at radius 2 is 1.11 bits per heavy atom. The lowest BCUT2D eigenvalue weighted by Crippen LogP contribution is -2.59. The summed E-state index contributed by atoms with van der Waals surface area (Å²) in [6, 6.07) is 15.6. The predicted octanol–water partition coefficient (Wildman–Crippen LogP) is 5.62. The Labute approximate surface area is 366 Å². The van der Waals surface area contributed by atoms with Crippen molar-refractivity contribution in [3.8, 4) is 0 Å². The zero-order valence-electron chi connectivity index (χ0n) is 38.0. The van der Waals surface area contributed by atoms with Gasteiger partial charge in [-0.05, 0) is 82.0 Å². The number of unbranched alkanes of at least 4 members (excludes halogenated alkanes) is 6. The fourth-order valence-corrected chi connectivity index (χ4v) is 7.97. The number of carbonyl (C=O) groups excluding carboxylic acids is 5. The maximum absolute atomic E-state index is 14.2. The normalized spacial score (nSPS) is 18.8. The molecule has 2 aliphatic rings. The van der Waals surface area contributed by atoms with Crippen molar-refractivity contribution in [2.24, 2.45) is 11.8 Å². The van der Waals surface area contributed by atoms with Crippen LogP contribution in [0.5, 0.6) is 0 Å². The largest absolute Gasteiger partial charge is 0.361 e. The van der Waals surface area contributed by atoms with E-state index < -0.39 is 47.5 Å². The maximum Gasteiger partial charge on any atom is 0.243 e. The van der Waals surface area contributed by atoms with E-state index in [0.717, 1.165) is 63.0 Å². The monoisotopic (exact) mass is 845 g/mol. The van der Waals surface area contributed by atoms with Crippen LogP contribution in [-0.2, 0) is 41.6 Å². The Morgan fingerprint density at radius 1 is 0.623 bits per heavy atom. The Hall–Kier alpha value is -4.13. The number of nitrogens with zero attached hydrogens (tertiary/aromatic N) is 2. The van der Waals surface area contributed by atoms with Gasteiger partial charge in [-0.2, -0.15) is 0 Å². The summed E-state index contributed by atoms with van der Waals surface area (Å²) in [5.74, 6) is -1.64. The van der Waals surface area contributed by atoms with Crippen molar-refractivity contribution in [2.75, 3.05) is 46.4 Å². The predicted molar refractivity (Wildman–Crippen MR) is 242 cm³/mol. The van der Waals surface area contributed by atoms with Crippen LogP contribution in [0.25, 0.3) is 0 Å².